The summed E-state index contributed by atoms with van der Waals surface area (Å²) in [6.45, 7) is 0.295. The maximum absolute atomic E-state index is 11.7. The molecule has 1 aromatic rings. The number of para-hydroxylation sites is 2. The Balaban J connectivity index is 2.15. The highest BCUT2D eigenvalue weighted by molar-refractivity contribution is 5.98. The Hall–Kier alpha value is -2.08. The monoisotopic (exact) mass is 235 g/mol. The van der Waals surface area contributed by atoms with Gasteiger partial charge in [-0.1, -0.05) is 12.1 Å². The lowest BCUT2D eigenvalue weighted by atomic mass is 10.2. The van der Waals surface area contributed by atoms with Crippen LogP contribution in [-0.4, -0.2) is 25.0 Å². The number of anilines is 1. The fourth-order valence-electron chi connectivity index (χ4n) is 1.68. The normalized spacial score (nSPS) is 13.9. The predicted molar refractivity (Wildman–Crippen MR) is 61.2 cm³/mol. The van der Waals surface area contributed by atoms with Crippen molar-refractivity contribution in [3.05, 3.63) is 24.3 Å². The van der Waals surface area contributed by atoms with Gasteiger partial charge in [-0.15, -0.1) is 0 Å². The lowest BCUT2D eigenvalue weighted by Crippen LogP contribution is -2.41. The van der Waals surface area contributed by atoms with Crippen LogP contribution in [0.25, 0.3) is 0 Å². The Labute approximate surface area is 98.3 Å². The minimum absolute atomic E-state index is 0.00125. The summed E-state index contributed by atoms with van der Waals surface area (Å²) < 4.78 is 5.28. The van der Waals surface area contributed by atoms with Crippen molar-refractivity contribution in [2.24, 2.45) is 5.84 Å². The molecule has 0 saturated heterocycles. The standard InChI is InChI=1S/C11H13N3O3/c12-13-10(15)5-6-14-8-3-1-2-4-9(8)17-7-11(14)16/h1-4H,5-7,12H2,(H,13,15). The van der Waals surface area contributed by atoms with Crippen molar-refractivity contribution < 1.29 is 14.3 Å². The van der Waals surface area contributed by atoms with Crippen molar-refractivity contribution in [2.45, 2.75) is 6.42 Å². The van der Waals surface area contributed by atoms with Crippen LogP contribution in [0.2, 0.25) is 0 Å². The molecule has 0 aromatic heterocycles. The number of ether oxygens (including phenoxy) is 1. The first-order chi connectivity index (χ1) is 8.22. The second kappa shape index (κ2) is 4.84. The maximum atomic E-state index is 11.7. The summed E-state index contributed by atoms with van der Waals surface area (Å²) in [6, 6.07) is 7.22. The molecular weight excluding hydrogens is 222 g/mol. The molecule has 0 spiro atoms. The molecule has 90 valence electrons. The van der Waals surface area contributed by atoms with Gasteiger partial charge < -0.3 is 9.64 Å². The third kappa shape index (κ3) is 2.36. The van der Waals surface area contributed by atoms with Gasteiger partial charge in [0.25, 0.3) is 5.91 Å². The number of nitrogens with one attached hydrogen (secondary N) is 1. The molecule has 1 heterocycles. The highest BCUT2D eigenvalue weighted by atomic mass is 16.5. The molecule has 0 aliphatic carbocycles. The highest BCUT2D eigenvalue weighted by Crippen LogP contribution is 2.31. The molecule has 2 rings (SSSR count). The van der Waals surface area contributed by atoms with Crippen molar-refractivity contribution in [3.8, 4) is 5.75 Å². The lowest BCUT2D eigenvalue weighted by molar-refractivity contribution is -0.122. The van der Waals surface area contributed by atoms with Crippen LogP contribution < -0.4 is 20.9 Å². The third-order valence-corrected chi connectivity index (χ3v) is 2.53. The predicted octanol–water partition coefficient (Wildman–Crippen LogP) is -0.208. The van der Waals surface area contributed by atoms with Crippen LogP contribution in [0.3, 0.4) is 0 Å². The van der Waals surface area contributed by atoms with Gasteiger partial charge in [-0.25, -0.2) is 5.84 Å². The van der Waals surface area contributed by atoms with Gasteiger partial charge in [0, 0.05) is 13.0 Å². The Bertz CT molecular complexity index is 447. The van der Waals surface area contributed by atoms with E-state index in [1.165, 1.54) is 4.90 Å². The lowest BCUT2D eigenvalue weighted by Gasteiger charge is -2.28. The van der Waals surface area contributed by atoms with Crippen LogP contribution >= 0.6 is 0 Å². The fraction of sp³-hybridized carbons (Fsp3) is 0.273. The molecule has 6 heteroatoms. The quantitative estimate of drug-likeness (QED) is 0.431. The summed E-state index contributed by atoms with van der Waals surface area (Å²) in [5.41, 5.74) is 2.72. The first-order valence-electron chi connectivity index (χ1n) is 5.24. The average Bonchev–Trinajstić information content (AvgIpc) is 2.37. The van der Waals surface area contributed by atoms with E-state index in [0.717, 1.165) is 0 Å². The van der Waals surface area contributed by atoms with Gasteiger partial charge in [0.05, 0.1) is 5.69 Å². The summed E-state index contributed by atoms with van der Waals surface area (Å²) in [4.78, 5) is 24.3. The minimum atomic E-state index is -0.304. The zero-order valence-corrected chi connectivity index (χ0v) is 9.18. The Morgan fingerprint density at radius 3 is 3.00 bits per heavy atom. The molecule has 17 heavy (non-hydrogen) atoms. The molecule has 1 aliphatic heterocycles. The summed E-state index contributed by atoms with van der Waals surface area (Å²) in [7, 11) is 0. The van der Waals surface area contributed by atoms with Crippen LogP contribution in [0.1, 0.15) is 6.42 Å². The van der Waals surface area contributed by atoms with Crippen LogP contribution in [0.5, 0.6) is 5.75 Å². The van der Waals surface area contributed by atoms with E-state index in [1.807, 2.05) is 17.6 Å². The van der Waals surface area contributed by atoms with E-state index in [2.05, 4.69) is 0 Å². The Kier molecular flexibility index (Phi) is 3.24. The molecule has 1 aromatic carbocycles. The summed E-state index contributed by atoms with van der Waals surface area (Å²) in [6.07, 6.45) is 0.163. The zero-order chi connectivity index (χ0) is 12.3. The largest absolute Gasteiger partial charge is 0.482 e. The molecule has 0 atom stereocenters. The molecule has 0 fully saturated rings. The summed E-state index contributed by atoms with van der Waals surface area (Å²) in [5.74, 6) is 5.18. The van der Waals surface area contributed by atoms with E-state index < -0.39 is 0 Å². The molecule has 0 bridgehead atoms. The van der Waals surface area contributed by atoms with E-state index in [-0.39, 0.29) is 24.8 Å². The number of nitrogens with zero attached hydrogens (tertiary/aromatic N) is 1. The molecule has 3 N–H and O–H groups in total. The van der Waals surface area contributed by atoms with Crippen LogP contribution in [-0.2, 0) is 9.59 Å². The number of hydrazine groups is 1. The van der Waals surface area contributed by atoms with Crippen molar-refractivity contribution in [1.29, 1.82) is 0 Å². The molecule has 0 unspecified atom stereocenters. The van der Waals surface area contributed by atoms with Crippen LogP contribution in [0.4, 0.5) is 5.69 Å². The van der Waals surface area contributed by atoms with Gasteiger partial charge in [0.15, 0.2) is 6.61 Å². The fourth-order valence-corrected chi connectivity index (χ4v) is 1.68. The molecule has 2 amide bonds. The molecule has 0 radical (unpaired) electrons. The second-order valence-corrected chi connectivity index (χ2v) is 3.62. The summed E-state index contributed by atoms with van der Waals surface area (Å²) in [5, 5.41) is 0. The van der Waals surface area contributed by atoms with Gasteiger partial charge in [-0.3, -0.25) is 15.0 Å². The summed E-state index contributed by atoms with van der Waals surface area (Å²) >= 11 is 0. The minimum Gasteiger partial charge on any atom is -0.482 e. The van der Waals surface area contributed by atoms with Gasteiger partial charge in [-0.05, 0) is 12.1 Å². The molecular formula is C11H13N3O3. The van der Waals surface area contributed by atoms with E-state index in [4.69, 9.17) is 10.6 Å². The number of carbonyl (C=O) groups is 2. The van der Waals surface area contributed by atoms with Crippen molar-refractivity contribution in [2.75, 3.05) is 18.1 Å². The van der Waals surface area contributed by atoms with Gasteiger partial charge in [0.2, 0.25) is 5.91 Å². The van der Waals surface area contributed by atoms with E-state index in [1.54, 1.807) is 12.1 Å². The SMILES string of the molecule is NNC(=O)CCN1C(=O)COc2ccccc21. The Morgan fingerprint density at radius 2 is 2.24 bits per heavy atom. The number of amides is 2. The van der Waals surface area contributed by atoms with Gasteiger partial charge in [0.1, 0.15) is 5.75 Å². The number of rotatable bonds is 3. The second-order valence-electron chi connectivity index (χ2n) is 3.62. The van der Waals surface area contributed by atoms with E-state index in [9.17, 15) is 9.59 Å². The van der Waals surface area contributed by atoms with Crippen molar-refractivity contribution >= 4 is 17.5 Å². The number of benzene rings is 1. The third-order valence-electron chi connectivity index (χ3n) is 2.53. The Morgan fingerprint density at radius 1 is 1.47 bits per heavy atom. The van der Waals surface area contributed by atoms with Crippen LogP contribution in [0.15, 0.2) is 24.3 Å². The van der Waals surface area contributed by atoms with Gasteiger partial charge >= 0.3 is 0 Å². The number of fused-ring (bicyclic) bond motifs is 1. The van der Waals surface area contributed by atoms with Gasteiger partial charge in [-0.2, -0.15) is 0 Å². The van der Waals surface area contributed by atoms with Crippen LogP contribution in [0, 0.1) is 0 Å². The first kappa shape index (κ1) is 11.4. The van der Waals surface area contributed by atoms with Crippen molar-refractivity contribution in [1.82, 2.24) is 5.43 Å². The molecule has 0 saturated carbocycles. The van der Waals surface area contributed by atoms with E-state index in [0.29, 0.717) is 18.0 Å². The average molecular weight is 235 g/mol. The topological polar surface area (TPSA) is 84.7 Å². The number of hydrogen-bond acceptors (Lipinski definition) is 4. The number of hydrogen-bond donors (Lipinski definition) is 2. The molecule has 6 nitrogen and oxygen atoms in total. The first-order valence-corrected chi connectivity index (χ1v) is 5.24. The number of nitrogens with two attached hydrogens (primary N) is 1. The maximum Gasteiger partial charge on any atom is 0.265 e. The van der Waals surface area contributed by atoms with Crippen molar-refractivity contribution in [3.63, 3.8) is 0 Å². The smallest absolute Gasteiger partial charge is 0.265 e. The zero-order valence-electron chi connectivity index (χ0n) is 9.18. The molecule has 1 aliphatic rings. The highest BCUT2D eigenvalue weighted by Gasteiger charge is 2.25. The van der Waals surface area contributed by atoms with E-state index >= 15 is 0 Å². The number of carbonyl (C=O) groups excluding carboxylic acids is 2.